The summed E-state index contributed by atoms with van der Waals surface area (Å²) in [7, 11) is 1.44. The molecule has 6 aromatic rings. The summed E-state index contributed by atoms with van der Waals surface area (Å²) in [4.78, 5) is 31.2. The van der Waals surface area contributed by atoms with Crippen molar-refractivity contribution in [2.45, 2.75) is 120 Å². The number of nitrogens with one attached hydrogen (secondary N) is 1. The van der Waals surface area contributed by atoms with Gasteiger partial charge < -0.3 is 19.9 Å². The number of carbonyl (C=O) groups is 2. The van der Waals surface area contributed by atoms with Gasteiger partial charge in [0.25, 0.3) is 0 Å². The molecule has 2 saturated heterocycles. The summed E-state index contributed by atoms with van der Waals surface area (Å²) in [6.07, 6.45) is 21.2. The van der Waals surface area contributed by atoms with Gasteiger partial charge >= 0.3 is 27.8 Å². The van der Waals surface area contributed by atoms with Crippen LogP contribution in [0.3, 0.4) is 0 Å². The molecule has 96 heavy (non-hydrogen) atoms. The molecule has 20 heteroatoms. The van der Waals surface area contributed by atoms with E-state index in [2.05, 4.69) is 39.1 Å². The number of aliphatic hydroxyl groups is 1. The van der Waals surface area contributed by atoms with Gasteiger partial charge in [0.2, 0.25) is 0 Å². The average molecular weight is 1340 g/mol. The molecule has 2 aliphatic heterocycles. The normalized spacial score (nSPS) is 18.0. The summed E-state index contributed by atoms with van der Waals surface area (Å²) in [5.74, 6) is 12.4. The summed E-state index contributed by atoms with van der Waals surface area (Å²) in [6, 6.07) is 54.2. The van der Waals surface area contributed by atoms with Crippen LogP contribution in [0.4, 0.5) is 31.5 Å². The minimum atomic E-state index is -5.72. The maximum Gasteiger partial charge on any atom is 0.523 e. The van der Waals surface area contributed by atoms with E-state index in [1.165, 1.54) is 17.0 Å². The lowest BCUT2D eigenvalue weighted by molar-refractivity contribution is -0.0602. The number of likely N-dealkylation sites (N-methyl/N-ethyl adjacent to an activating group) is 4. The number of hydrogen-bond acceptors (Lipinski definition) is 12. The Labute approximate surface area is 566 Å². The molecule has 14 nitrogen and oxygen atoms in total. The Hall–Kier alpha value is -8.98. The zero-order chi connectivity index (χ0) is 71.5. The molecule has 0 aromatic heterocycles. The van der Waals surface area contributed by atoms with Crippen LogP contribution in [0.2, 0.25) is 0 Å². The second kappa shape index (κ2) is 41.8. The van der Waals surface area contributed by atoms with Crippen LogP contribution in [0.5, 0.6) is 0 Å². The van der Waals surface area contributed by atoms with E-state index in [-0.39, 0.29) is 61.1 Å². The number of hydrogen-bond donors (Lipinski definition) is 2. The number of amides is 2. The van der Waals surface area contributed by atoms with E-state index in [0.717, 1.165) is 16.7 Å². The lowest BCUT2D eigenvalue weighted by atomic mass is 10.0. The van der Waals surface area contributed by atoms with Crippen molar-refractivity contribution < 1.29 is 58.7 Å². The summed E-state index contributed by atoms with van der Waals surface area (Å²) in [5, 5.41) is 12.8. The van der Waals surface area contributed by atoms with Crippen LogP contribution >= 0.6 is 0 Å². The van der Waals surface area contributed by atoms with Crippen molar-refractivity contribution in [3.63, 3.8) is 0 Å². The molecular formula is C76H89F5N6O8S. The molecule has 6 aromatic carbocycles. The standard InChI is InChI=1S/C14H16F3NO3S.2C13H16FN.C13H13NO2.C13H17NO.C10H11NO2/c1-4-10-18(3)11(2)13(12-8-6-5-7-9-12)21-22(19,20)14(15,16)17;2*1-4-10-15(3)11(2)13(14)12-8-6-5-7-9-12;1-3-9-14-10(2)12(16-13(14)15)11-7-5-4-6-8-11;1-4-10-14(3)11(2)13(15)12-8-6-5-7-9-12;1-7-9(13-10(12)11-7)8-5-3-2-4-6-8/h1,5-9,11,13H,10H2,2-3H3;2*1,5-9,11,13H,10H2,2-3H3;1,4-8,10,12H,9H2,2H3;1,5-9,11,13,15H,10H2,2-3H3;2-7,9H,1H3,(H,11,12)/t11-,13-;11-,13?;11-,13+;10-,12-;11-,13-;7-,9-/m111111/s1/i;14-1;;;;. The van der Waals surface area contributed by atoms with E-state index in [4.69, 9.17) is 41.6 Å². The van der Waals surface area contributed by atoms with Crippen molar-refractivity contribution in [3.05, 3.63) is 215 Å². The molecule has 8 rings (SSSR count). The van der Waals surface area contributed by atoms with E-state index >= 15 is 0 Å². The van der Waals surface area contributed by atoms with Crippen LogP contribution in [0, 0.1) is 61.7 Å². The van der Waals surface area contributed by atoms with E-state index < -0.39 is 46.2 Å². The van der Waals surface area contributed by atoms with E-state index in [9.17, 15) is 45.1 Å². The maximum absolute atomic E-state index is 14.0. The van der Waals surface area contributed by atoms with E-state index in [1.54, 1.807) is 61.3 Å². The quantitative estimate of drug-likeness (QED) is 0.0306. The first-order valence-corrected chi connectivity index (χ1v) is 32.2. The SMILES string of the molecule is C#CCN(C)[C@H](C)C([18F])c1ccccc1.C#CCN(C)[C@H](C)[C@@H](O)c1ccccc1.C#CCN(C)[C@H](C)[C@@H](OS(=O)(=O)C(F)(F)F)c1ccccc1.C#CCN(C)[C@H](C)[C@H](F)c1ccccc1.C#CCN1C(=O)O[C@@H](c2ccccc2)[C@H]1C.C[C@H]1NC(=O)O[C@H]1c1ccccc1. The number of aliphatic hydroxyl groups excluding tert-OH is 1. The predicted octanol–water partition coefficient (Wildman–Crippen LogP) is 13.6. The Bertz CT molecular complexity index is 3390. The van der Waals surface area contributed by atoms with Gasteiger partial charge in [-0.15, -0.1) is 32.1 Å². The fourth-order valence-electron chi connectivity index (χ4n) is 9.49. The average Bonchev–Trinajstić information content (AvgIpc) is 1.75. The van der Waals surface area contributed by atoms with Gasteiger partial charge in [0.1, 0.15) is 30.7 Å². The minimum Gasteiger partial charge on any atom is -0.439 e. The lowest BCUT2D eigenvalue weighted by Gasteiger charge is -2.30. The highest BCUT2D eigenvalue weighted by Crippen LogP contribution is 2.35. The Balaban J connectivity index is 0.000000302. The van der Waals surface area contributed by atoms with Crippen molar-refractivity contribution in [1.29, 1.82) is 0 Å². The van der Waals surface area contributed by atoms with Crippen molar-refractivity contribution in [2.75, 3.05) is 60.9 Å². The summed E-state index contributed by atoms with van der Waals surface area (Å²) < 4.78 is 103. The first-order chi connectivity index (χ1) is 45.6. The number of cyclic esters (lactones) is 2. The zero-order valence-corrected chi connectivity index (χ0v) is 56.8. The second-order valence-electron chi connectivity index (χ2n) is 22.7. The number of alkyl halides is 5. The Kier molecular flexibility index (Phi) is 35.3. The molecule has 0 aliphatic carbocycles. The highest BCUT2D eigenvalue weighted by Gasteiger charge is 2.49. The van der Waals surface area contributed by atoms with Gasteiger partial charge in [-0.2, -0.15) is 21.6 Å². The van der Waals surface area contributed by atoms with Crippen molar-refractivity contribution in [3.8, 4) is 61.7 Å². The van der Waals surface area contributed by atoms with Crippen LogP contribution < -0.4 is 5.32 Å². The third-order valence-corrected chi connectivity index (χ3v) is 16.9. The van der Waals surface area contributed by atoms with Crippen molar-refractivity contribution in [2.24, 2.45) is 0 Å². The molecule has 2 heterocycles. The number of benzene rings is 6. The lowest BCUT2D eigenvalue weighted by Crippen LogP contribution is -2.38. The van der Waals surface area contributed by atoms with Gasteiger partial charge in [-0.25, -0.2) is 18.4 Å². The van der Waals surface area contributed by atoms with Crippen LogP contribution in [0.25, 0.3) is 0 Å². The number of carbonyl (C=O) groups excluding carboxylic acids is 2. The first kappa shape index (κ1) is 81.3. The Morgan fingerprint density at radius 3 is 1.20 bits per heavy atom. The summed E-state index contributed by atoms with van der Waals surface area (Å²) in [5.41, 5.74) is -0.802. The number of rotatable bonds is 21. The fourth-order valence-corrected chi connectivity index (χ4v) is 10.1. The third kappa shape index (κ3) is 26.0. The van der Waals surface area contributed by atoms with Crippen molar-refractivity contribution in [1.82, 2.24) is 29.8 Å². The molecule has 2 N–H and O–H groups in total. The van der Waals surface area contributed by atoms with Gasteiger partial charge in [0, 0.05) is 24.2 Å². The predicted molar refractivity (Wildman–Crippen MR) is 370 cm³/mol. The first-order valence-electron chi connectivity index (χ1n) is 30.8. The van der Waals surface area contributed by atoms with Crippen LogP contribution in [-0.2, 0) is 23.8 Å². The topological polar surface area (TPSA) is 144 Å². The number of nitrogens with zero attached hydrogens (tertiary/aromatic N) is 5. The third-order valence-electron chi connectivity index (χ3n) is 15.8. The van der Waals surface area contributed by atoms with Gasteiger partial charge in [-0.1, -0.05) is 212 Å². The monoisotopic (exact) mass is 1340 g/mol. The second-order valence-corrected chi connectivity index (χ2v) is 24.3. The molecule has 2 fully saturated rings. The fraction of sp³-hybridized carbons (Fsp3) is 0.368. The molecule has 2 aliphatic rings. The molecule has 0 spiro atoms. The highest BCUT2D eigenvalue weighted by atomic mass is 32.2. The van der Waals surface area contributed by atoms with Gasteiger partial charge in [-0.05, 0) is 103 Å². The van der Waals surface area contributed by atoms with Gasteiger partial charge in [0.05, 0.1) is 50.9 Å². The van der Waals surface area contributed by atoms with Crippen LogP contribution in [-0.4, -0.2) is 153 Å². The molecule has 12 atom stereocenters. The molecule has 512 valence electrons. The van der Waals surface area contributed by atoms with Crippen molar-refractivity contribution >= 4 is 22.3 Å². The number of halogens is 5. The van der Waals surface area contributed by atoms with E-state index in [1.807, 2.05) is 198 Å². The van der Waals surface area contributed by atoms with Gasteiger partial charge in [0.15, 0.2) is 0 Å². The number of ether oxygens (including phenoxy) is 2. The molecule has 2 amide bonds. The largest absolute Gasteiger partial charge is 0.523 e. The highest BCUT2D eigenvalue weighted by molar-refractivity contribution is 7.87. The molecule has 0 saturated carbocycles. The van der Waals surface area contributed by atoms with Gasteiger partial charge in [-0.3, -0.25) is 28.7 Å². The van der Waals surface area contributed by atoms with E-state index in [0.29, 0.717) is 42.9 Å². The number of terminal acetylenes is 5. The molecule has 0 radical (unpaired) electrons. The van der Waals surface area contributed by atoms with Crippen LogP contribution in [0.15, 0.2) is 182 Å². The summed E-state index contributed by atoms with van der Waals surface area (Å²) >= 11 is 0. The molecule has 0 bridgehead atoms. The van der Waals surface area contributed by atoms with Crippen LogP contribution in [0.1, 0.15) is 112 Å². The Morgan fingerprint density at radius 2 is 0.854 bits per heavy atom. The molecule has 1 unspecified atom stereocenters. The Morgan fingerprint density at radius 1 is 0.521 bits per heavy atom. The zero-order valence-electron chi connectivity index (χ0n) is 56.0. The maximum atomic E-state index is 14.0. The summed E-state index contributed by atoms with van der Waals surface area (Å²) in [6.45, 7) is 13.0. The number of alkyl carbamates (subject to hydrolysis) is 1. The molecular weight excluding hydrogens is 1250 g/mol. The minimum absolute atomic E-state index is 0.0171. The smallest absolute Gasteiger partial charge is 0.439 e.